The number of hydrogen-bond donors (Lipinski definition) is 1. The van der Waals surface area contributed by atoms with Crippen molar-refractivity contribution < 1.29 is 23.9 Å². The highest BCUT2D eigenvalue weighted by atomic mass is 32.2. The molecule has 1 fully saturated rings. The van der Waals surface area contributed by atoms with Crippen molar-refractivity contribution in [3.05, 3.63) is 29.1 Å². The van der Waals surface area contributed by atoms with E-state index in [9.17, 15) is 14.4 Å². The minimum absolute atomic E-state index is 0.116. The number of amides is 2. The highest BCUT2D eigenvalue weighted by Crippen LogP contribution is 2.32. The van der Waals surface area contributed by atoms with Gasteiger partial charge in [0.1, 0.15) is 5.76 Å². The van der Waals surface area contributed by atoms with E-state index in [0.717, 1.165) is 16.7 Å². The summed E-state index contributed by atoms with van der Waals surface area (Å²) in [5, 5.41) is 8.07. The fourth-order valence-electron chi connectivity index (χ4n) is 1.40. The minimum atomic E-state index is -1.05. The Bertz CT molecular complexity index is 520. The fraction of sp³-hybridized carbons (Fsp3) is 0.182. The van der Waals surface area contributed by atoms with Crippen molar-refractivity contribution in [1.82, 2.24) is 4.90 Å². The predicted molar refractivity (Wildman–Crippen MR) is 63.6 cm³/mol. The molecule has 1 aromatic heterocycles. The topological polar surface area (TPSA) is 87.8 Å². The summed E-state index contributed by atoms with van der Waals surface area (Å²) in [6, 6.07) is 3.33. The highest BCUT2D eigenvalue weighted by molar-refractivity contribution is 8.18. The lowest BCUT2D eigenvalue weighted by atomic mass is 10.3. The first kappa shape index (κ1) is 12.4. The summed E-state index contributed by atoms with van der Waals surface area (Å²) in [5.74, 6) is -1.06. The molecule has 1 aromatic rings. The van der Waals surface area contributed by atoms with Gasteiger partial charge in [-0.15, -0.1) is 0 Å². The van der Waals surface area contributed by atoms with Crippen LogP contribution in [0, 0.1) is 0 Å². The first-order valence-corrected chi connectivity index (χ1v) is 5.90. The van der Waals surface area contributed by atoms with Crippen molar-refractivity contribution in [3.8, 4) is 0 Å². The van der Waals surface area contributed by atoms with Crippen molar-refractivity contribution >= 4 is 35.0 Å². The molecular weight excluding hydrogens is 258 g/mol. The first-order valence-electron chi connectivity index (χ1n) is 5.08. The monoisotopic (exact) mass is 267 g/mol. The first-order chi connectivity index (χ1) is 8.58. The van der Waals surface area contributed by atoms with E-state index in [-0.39, 0.29) is 17.9 Å². The molecule has 2 amide bonds. The van der Waals surface area contributed by atoms with Gasteiger partial charge in [-0.05, 0) is 23.9 Å². The van der Waals surface area contributed by atoms with Gasteiger partial charge < -0.3 is 9.52 Å². The van der Waals surface area contributed by atoms with E-state index < -0.39 is 17.1 Å². The van der Waals surface area contributed by atoms with Crippen LogP contribution in [-0.4, -0.2) is 33.7 Å². The average Bonchev–Trinajstić information content (AvgIpc) is 2.88. The van der Waals surface area contributed by atoms with Crippen molar-refractivity contribution in [2.45, 2.75) is 6.42 Å². The number of imide groups is 1. The second-order valence-corrected chi connectivity index (χ2v) is 4.49. The maximum Gasteiger partial charge on any atom is 0.305 e. The Morgan fingerprint density at radius 3 is 2.89 bits per heavy atom. The number of nitrogens with zero attached hydrogens (tertiary/aromatic N) is 1. The van der Waals surface area contributed by atoms with Crippen LogP contribution >= 0.6 is 11.8 Å². The van der Waals surface area contributed by atoms with Crippen molar-refractivity contribution in [3.63, 3.8) is 0 Å². The molecule has 94 valence electrons. The largest absolute Gasteiger partial charge is 0.481 e. The zero-order valence-corrected chi connectivity index (χ0v) is 9.98. The van der Waals surface area contributed by atoms with Gasteiger partial charge in [0.2, 0.25) is 0 Å². The number of thioether (sulfide) groups is 1. The summed E-state index contributed by atoms with van der Waals surface area (Å²) in [6.45, 7) is -0.116. The van der Waals surface area contributed by atoms with Crippen LogP contribution < -0.4 is 0 Å². The molecule has 2 rings (SSSR count). The van der Waals surface area contributed by atoms with Crippen molar-refractivity contribution in [2.75, 3.05) is 6.54 Å². The van der Waals surface area contributed by atoms with Crippen LogP contribution in [0.3, 0.4) is 0 Å². The standard InChI is InChI=1S/C11H9NO5S/c13-9(14)3-4-12-10(15)8(18-11(12)16)6-7-2-1-5-17-7/h1-2,5-6H,3-4H2,(H,13,14)/b8-6-. The number of carbonyl (C=O) groups excluding carboxylic acids is 2. The summed E-state index contributed by atoms with van der Waals surface area (Å²) in [4.78, 5) is 35.0. The van der Waals surface area contributed by atoms with Gasteiger partial charge in [0.05, 0.1) is 17.6 Å². The van der Waals surface area contributed by atoms with Gasteiger partial charge in [-0.1, -0.05) is 0 Å². The molecule has 0 aliphatic carbocycles. The van der Waals surface area contributed by atoms with Crippen LogP contribution in [0.25, 0.3) is 6.08 Å². The lowest BCUT2D eigenvalue weighted by Crippen LogP contribution is -2.30. The Labute approximate surface area is 106 Å². The molecule has 7 heteroatoms. The Kier molecular flexibility index (Phi) is 3.52. The molecule has 1 aliphatic heterocycles. The molecule has 6 nitrogen and oxygen atoms in total. The molecule has 0 unspecified atom stereocenters. The molecule has 0 radical (unpaired) electrons. The predicted octanol–water partition coefficient (Wildman–Crippen LogP) is 1.79. The van der Waals surface area contributed by atoms with Crippen LogP contribution in [0.1, 0.15) is 12.2 Å². The van der Waals surface area contributed by atoms with E-state index in [2.05, 4.69) is 0 Å². The second-order valence-electron chi connectivity index (χ2n) is 3.49. The van der Waals surface area contributed by atoms with E-state index >= 15 is 0 Å². The zero-order chi connectivity index (χ0) is 13.1. The molecule has 1 N–H and O–H groups in total. The number of aliphatic carboxylic acids is 1. The number of carboxylic acids is 1. The number of hydrogen-bond acceptors (Lipinski definition) is 5. The highest BCUT2D eigenvalue weighted by Gasteiger charge is 2.35. The summed E-state index contributed by atoms with van der Waals surface area (Å²) < 4.78 is 5.05. The molecule has 0 spiro atoms. The van der Waals surface area contributed by atoms with Crippen LogP contribution in [0.5, 0.6) is 0 Å². The molecular formula is C11H9NO5S. The average molecular weight is 267 g/mol. The van der Waals surface area contributed by atoms with E-state index in [4.69, 9.17) is 9.52 Å². The summed E-state index contributed by atoms with van der Waals surface area (Å²) in [7, 11) is 0. The third-order valence-electron chi connectivity index (χ3n) is 2.24. The van der Waals surface area contributed by atoms with Gasteiger partial charge in [0.15, 0.2) is 0 Å². The molecule has 0 saturated carbocycles. The third-order valence-corrected chi connectivity index (χ3v) is 3.15. The normalized spacial score (nSPS) is 17.8. The van der Waals surface area contributed by atoms with Crippen LogP contribution in [0.15, 0.2) is 27.7 Å². The summed E-state index contributed by atoms with van der Waals surface area (Å²) in [6.07, 6.45) is 2.66. The number of carbonyl (C=O) groups is 3. The zero-order valence-electron chi connectivity index (χ0n) is 9.16. The van der Waals surface area contributed by atoms with Gasteiger partial charge in [0.25, 0.3) is 11.1 Å². The fourth-order valence-corrected chi connectivity index (χ4v) is 2.25. The smallest absolute Gasteiger partial charge is 0.305 e. The summed E-state index contributed by atoms with van der Waals surface area (Å²) >= 11 is 0.777. The molecule has 0 atom stereocenters. The van der Waals surface area contributed by atoms with Gasteiger partial charge in [-0.25, -0.2) is 0 Å². The molecule has 1 saturated heterocycles. The molecule has 0 bridgehead atoms. The van der Waals surface area contributed by atoms with E-state index in [1.54, 1.807) is 12.1 Å². The van der Waals surface area contributed by atoms with E-state index in [1.165, 1.54) is 12.3 Å². The second kappa shape index (κ2) is 5.09. The molecule has 18 heavy (non-hydrogen) atoms. The van der Waals surface area contributed by atoms with Crippen molar-refractivity contribution in [1.29, 1.82) is 0 Å². The molecule has 0 aromatic carbocycles. The quantitative estimate of drug-likeness (QED) is 0.837. The van der Waals surface area contributed by atoms with Crippen LogP contribution in [-0.2, 0) is 9.59 Å². The maximum absolute atomic E-state index is 11.8. The number of furan rings is 1. The van der Waals surface area contributed by atoms with E-state index in [1.807, 2.05) is 0 Å². The lowest BCUT2D eigenvalue weighted by molar-refractivity contribution is -0.137. The number of carboxylic acid groups (broad SMARTS) is 1. The third kappa shape index (κ3) is 2.62. The van der Waals surface area contributed by atoms with Gasteiger partial charge >= 0.3 is 5.97 Å². The maximum atomic E-state index is 11.8. The van der Waals surface area contributed by atoms with Gasteiger partial charge in [-0.2, -0.15) is 0 Å². The number of rotatable bonds is 4. The van der Waals surface area contributed by atoms with Crippen molar-refractivity contribution in [2.24, 2.45) is 0 Å². The Morgan fingerprint density at radius 1 is 1.50 bits per heavy atom. The van der Waals surface area contributed by atoms with Crippen LogP contribution in [0.2, 0.25) is 0 Å². The summed E-state index contributed by atoms with van der Waals surface area (Å²) in [5.41, 5.74) is 0. The van der Waals surface area contributed by atoms with E-state index in [0.29, 0.717) is 5.76 Å². The minimum Gasteiger partial charge on any atom is -0.481 e. The Morgan fingerprint density at radius 2 is 2.28 bits per heavy atom. The SMILES string of the molecule is O=C(O)CCN1C(=O)S/C(=C\c2ccco2)C1=O. The lowest BCUT2D eigenvalue weighted by Gasteiger charge is -2.09. The van der Waals surface area contributed by atoms with Gasteiger partial charge in [-0.3, -0.25) is 19.3 Å². The molecule has 2 heterocycles. The Hall–Kier alpha value is -2.02. The van der Waals surface area contributed by atoms with Crippen LogP contribution in [0.4, 0.5) is 4.79 Å². The van der Waals surface area contributed by atoms with Gasteiger partial charge in [0, 0.05) is 12.6 Å². The Balaban J connectivity index is 2.11. The molecule has 1 aliphatic rings.